The number of fused-ring (bicyclic) bond motifs is 1. The number of rotatable bonds is 4. The maximum Gasteiger partial charge on any atom is 0.253 e. The molecular formula is C24H26N4O. The highest BCUT2D eigenvalue weighted by Crippen LogP contribution is 2.33. The van der Waals surface area contributed by atoms with Crippen LogP contribution in [0.5, 0.6) is 0 Å². The number of benzene rings is 2. The Hall–Kier alpha value is -3.08. The van der Waals surface area contributed by atoms with Crippen LogP contribution in [-0.2, 0) is 6.42 Å². The molecule has 5 nitrogen and oxygen atoms in total. The summed E-state index contributed by atoms with van der Waals surface area (Å²) in [5.74, 6) is 0.816. The van der Waals surface area contributed by atoms with Gasteiger partial charge in [-0.2, -0.15) is 5.10 Å². The van der Waals surface area contributed by atoms with Crippen LogP contribution in [0.25, 0.3) is 11.1 Å². The molecule has 0 radical (unpaired) electrons. The molecule has 5 rings (SSSR count). The lowest BCUT2D eigenvalue weighted by Gasteiger charge is -2.34. The van der Waals surface area contributed by atoms with Crippen molar-refractivity contribution in [1.29, 1.82) is 0 Å². The number of aromatic amines is 1. The zero-order valence-electron chi connectivity index (χ0n) is 16.6. The number of piperidine rings is 1. The molecule has 29 heavy (non-hydrogen) atoms. The Labute approximate surface area is 171 Å². The zero-order valence-corrected chi connectivity index (χ0v) is 16.6. The van der Waals surface area contributed by atoms with Crippen molar-refractivity contribution in [3.05, 3.63) is 72.1 Å². The first-order valence-corrected chi connectivity index (χ1v) is 10.5. The molecule has 1 fully saturated rings. The second-order valence-electron chi connectivity index (χ2n) is 8.13. The summed E-state index contributed by atoms with van der Waals surface area (Å²) in [6, 6.07) is 16.4. The summed E-state index contributed by atoms with van der Waals surface area (Å²) >= 11 is 0. The zero-order chi connectivity index (χ0) is 19.6. The van der Waals surface area contributed by atoms with Gasteiger partial charge < -0.3 is 9.80 Å². The van der Waals surface area contributed by atoms with Crippen LogP contribution < -0.4 is 4.90 Å². The number of carbonyl (C=O) groups is 1. The minimum atomic E-state index is 0.169. The van der Waals surface area contributed by atoms with E-state index < -0.39 is 0 Å². The molecule has 3 heterocycles. The Morgan fingerprint density at radius 1 is 1.03 bits per heavy atom. The van der Waals surface area contributed by atoms with Gasteiger partial charge in [-0.3, -0.25) is 9.89 Å². The molecule has 3 aromatic rings. The Morgan fingerprint density at radius 3 is 2.62 bits per heavy atom. The summed E-state index contributed by atoms with van der Waals surface area (Å²) in [4.78, 5) is 17.2. The summed E-state index contributed by atoms with van der Waals surface area (Å²) in [7, 11) is 0. The molecule has 148 valence electrons. The van der Waals surface area contributed by atoms with E-state index in [1.54, 1.807) is 0 Å². The predicted octanol–water partition coefficient (Wildman–Crippen LogP) is 3.99. The predicted molar refractivity (Wildman–Crippen MR) is 115 cm³/mol. The first-order valence-electron chi connectivity index (χ1n) is 10.5. The van der Waals surface area contributed by atoms with Crippen LogP contribution in [0.4, 0.5) is 5.69 Å². The van der Waals surface area contributed by atoms with Gasteiger partial charge in [-0.1, -0.05) is 24.3 Å². The summed E-state index contributed by atoms with van der Waals surface area (Å²) < 4.78 is 0. The second-order valence-corrected chi connectivity index (χ2v) is 8.13. The molecule has 2 aliphatic heterocycles. The average Bonchev–Trinajstić information content (AvgIpc) is 3.45. The fourth-order valence-corrected chi connectivity index (χ4v) is 4.64. The third kappa shape index (κ3) is 3.65. The standard InChI is InChI=1S/C24H26N4O/c29-24(19-4-2-1-3-5-19)27-11-8-18(9-12-27)17-28-13-10-21-14-20(6-7-23(21)28)22-15-25-26-16-22/h1-7,14-16,18H,8-13,17H2,(H,25,26). The van der Waals surface area contributed by atoms with Crippen LogP contribution in [0.2, 0.25) is 0 Å². The monoisotopic (exact) mass is 386 g/mol. The van der Waals surface area contributed by atoms with Crippen molar-refractivity contribution < 1.29 is 4.79 Å². The van der Waals surface area contributed by atoms with Gasteiger partial charge in [0.05, 0.1) is 6.20 Å². The van der Waals surface area contributed by atoms with Crippen molar-refractivity contribution in [2.45, 2.75) is 19.3 Å². The van der Waals surface area contributed by atoms with Crippen molar-refractivity contribution in [3.63, 3.8) is 0 Å². The molecule has 1 N–H and O–H groups in total. The number of carbonyl (C=O) groups excluding carboxylic acids is 1. The molecule has 0 spiro atoms. The van der Waals surface area contributed by atoms with Crippen LogP contribution in [0.3, 0.4) is 0 Å². The van der Waals surface area contributed by atoms with E-state index >= 15 is 0 Å². The normalized spacial score (nSPS) is 16.8. The van der Waals surface area contributed by atoms with Crippen LogP contribution >= 0.6 is 0 Å². The highest BCUT2D eigenvalue weighted by atomic mass is 16.2. The SMILES string of the molecule is O=C(c1ccccc1)N1CCC(CN2CCc3cc(-c4cn[nH]c4)ccc32)CC1. The highest BCUT2D eigenvalue weighted by Gasteiger charge is 2.27. The topological polar surface area (TPSA) is 52.2 Å². The minimum Gasteiger partial charge on any atom is -0.371 e. The van der Waals surface area contributed by atoms with E-state index in [0.29, 0.717) is 5.92 Å². The molecular weight excluding hydrogens is 360 g/mol. The van der Waals surface area contributed by atoms with Crippen LogP contribution in [0.15, 0.2) is 60.9 Å². The molecule has 0 saturated carbocycles. The maximum atomic E-state index is 12.7. The number of amides is 1. The number of anilines is 1. The fraction of sp³-hybridized carbons (Fsp3) is 0.333. The van der Waals surface area contributed by atoms with E-state index in [4.69, 9.17) is 0 Å². The van der Waals surface area contributed by atoms with Crippen molar-refractivity contribution in [3.8, 4) is 11.1 Å². The molecule has 0 atom stereocenters. The third-order valence-corrected chi connectivity index (χ3v) is 6.30. The van der Waals surface area contributed by atoms with Crippen molar-refractivity contribution in [2.75, 3.05) is 31.1 Å². The maximum absolute atomic E-state index is 12.7. The van der Waals surface area contributed by atoms with Gasteiger partial charge in [0.15, 0.2) is 0 Å². The smallest absolute Gasteiger partial charge is 0.253 e. The molecule has 0 bridgehead atoms. The van der Waals surface area contributed by atoms with E-state index in [1.807, 2.05) is 47.6 Å². The molecule has 2 aliphatic rings. The van der Waals surface area contributed by atoms with Gasteiger partial charge in [-0.05, 0) is 60.6 Å². The van der Waals surface area contributed by atoms with Gasteiger partial charge in [0.25, 0.3) is 5.91 Å². The van der Waals surface area contributed by atoms with E-state index in [9.17, 15) is 4.79 Å². The first kappa shape index (κ1) is 18.0. The summed E-state index contributed by atoms with van der Waals surface area (Å²) in [5, 5.41) is 6.95. The Balaban J connectivity index is 1.20. The van der Waals surface area contributed by atoms with Crippen LogP contribution in [-0.4, -0.2) is 47.2 Å². The van der Waals surface area contributed by atoms with E-state index in [1.165, 1.54) is 16.8 Å². The number of hydrogen-bond donors (Lipinski definition) is 1. The van der Waals surface area contributed by atoms with Crippen molar-refractivity contribution in [2.24, 2.45) is 5.92 Å². The lowest BCUT2D eigenvalue weighted by Crippen LogP contribution is -2.41. The van der Waals surface area contributed by atoms with Crippen molar-refractivity contribution in [1.82, 2.24) is 15.1 Å². The fourth-order valence-electron chi connectivity index (χ4n) is 4.64. The number of likely N-dealkylation sites (tertiary alicyclic amines) is 1. The van der Waals surface area contributed by atoms with Gasteiger partial charge in [0.2, 0.25) is 0 Å². The second kappa shape index (κ2) is 7.74. The lowest BCUT2D eigenvalue weighted by atomic mass is 9.95. The van der Waals surface area contributed by atoms with Gasteiger partial charge in [0.1, 0.15) is 0 Å². The molecule has 1 aromatic heterocycles. The summed E-state index contributed by atoms with van der Waals surface area (Å²) in [5.41, 5.74) is 5.97. The van der Waals surface area contributed by atoms with Gasteiger partial charge in [0, 0.05) is 49.2 Å². The Kier molecular flexibility index (Phi) is 4.80. The molecule has 2 aromatic carbocycles. The molecule has 1 saturated heterocycles. The number of nitrogens with one attached hydrogen (secondary N) is 1. The van der Waals surface area contributed by atoms with Crippen molar-refractivity contribution >= 4 is 11.6 Å². The third-order valence-electron chi connectivity index (χ3n) is 6.30. The van der Waals surface area contributed by atoms with E-state index in [-0.39, 0.29) is 5.91 Å². The van der Waals surface area contributed by atoms with Gasteiger partial charge in [-0.25, -0.2) is 0 Å². The Bertz CT molecular complexity index is 975. The first-order chi connectivity index (χ1) is 14.3. The van der Waals surface area contributed by atoms with E-state index in [0.717, 1.165) is 56.6 Å². The molecule has 0 unspecified atom stereocenters. The van der Waals surface area contributed by atoms with E-state index in [2.05, 4.69) is 33.3 Å². The number of aromatic nitrogens is 2. The molecule has 0 aliphatic carbocycles. The largest absolute Gasteiger partial charge is 0.371 e. The number of H-pyrrole nitrogens is 1. The quantitative estimate of drug-likeness (QED) is 0.738. The summed E-state index contributed by atoms with van der Waals surface area (Å²) in [6.07, 6.45) is 7.08. The van der Waals surface area contributed by atoms with Crippen LogP contribution in [0, 0.1) is 5.92 Å². The number of nitrogens with zero attached hydrogens (tertiary/aromatic N) is 3. The van der Waals surface area contributed by atoms with Crippen LogP contribution in [0.1, 0.15) is 28.8 Å². The number of hydrogen-bond acceptors (Lipinski definition) is 3. The molecule has 1 amide bonds. The van der Waals surface area contributed by atoms with Gasteiger partial charge in [-0.15, -0.1) is 0 Å². The minimum absolute atomic E-state index is 0.169. The Morgan fingerprint density at radius 2 is 1.86 bits per heavy atom. The van der Waals surface area contributed by atoms with Gasteiger partial charge >= 0.3 is 0 Å². The average molecular weight is 386 g/mol. The lowest BCUT2D eigenvalue weighted by molar-refractivity contribution is 0.0693. The highest BCUT2D eigenvalue weighted by molar-refractivity contribution is 5.94. The molecule has 5 heteroatoms. The summed E-state index contributed by atoms with van der Waals surface area (Å²) in [6.45, 7) is 3.90.